The van der Waals surface area contributed by atoms with Crippen molar-refractivity contribution in [2.24, 2.45) is 0 Å². The van der Waals surface area contributed by atoms with E-state index in [1.165, 1.54) is 11.3 Å². The summed E-state index contributed by atoms with van der Waals surface area (Å²) >= 11 is 1.51. The number of carbonyl (C=O) groups excluding carboxylic acids is 1. The van der Waals surface area contributed by atoms with Gasteiger partial charge in [-0.1, -0.05) is 6.92 Å². The Morgan fingerprint density at radius 2 is 2.11 bits per heavy atom. The van der Waals surface area contributed by atoms with Crippen LogP contribution < -0.4 is 4.74 Å². The normalized spacial score (nSPS) is 10.4. The first-order valence-corrected chi connectivity index (χ1v) is 6.81. The van der Waals surface area contributed by atoms with Crippen LogP contribution in [0.4, 0.5) is 0 Å². The van der Waals surface area contributed by atoms with Gasteiger partial charge in [0.2, 0.25) is 5.78 Å². The van der Waals surface area contributed by atoms with Gasteiger partial charge in [0.15, 0.2) is 0 Å². The molecule has 0 spiro atoms. The van der Waals surface area contributed by atoms with Crippen LogP contribution >= 0.6 is 11.3 Å². The fraction of sp³-hybridized carbons (Fsp3) is 0.267. The van der Waals surface area contributed by atoms with E-state index < -0.39 is 0 Å². The lowest BCUT2D eigenvalue weighted by Gasteiger charge is -2.07. The summed E-state index contributed by atoms with van der Waals surface area (Å²) in [7, 11) is 1.63. The lowest BCUT2D eigenvalue weighted by atomic mass is 10.0. The summed E-state index contributed by atoms with van der Waals surface area (Å²) < 4.78 is 5.16. The molecule has 1 aromatic heterocycles. The van der Waals surface area contributed by atoms with Crippen molar-refractivity contribution in [3.63, 3.8) is 0 Å². The van der Waals surface area contributed by atoms with E-state index in [9.17, 15) is 4.79 Å². The number of benzene rings is 1. The highest BCUT2D eigenvalue weighted by molar-refractivity contribution is 7.12. The van der Waals surface area contributed by atoms with Gasteiger partial charge in [0.1, 0.15) is 5.75 Å². The number of ketones is 1. The second kappa shape index (κ2) is 5.36. The summed E-state index contributed by atoms with van der Waals surface area (Å²) in [5.41, 5.74) is 2.84. The van der Waals surface area contributed by atoms with E-state index >= 15 is 0 Å². The first-order chi connectivity index (χ1) is 8.67. The van der Waals surface area contributed by atoms with Crippen LogP contribution in [0, 0.1) is 6.92 Å². The monoisotopic (exact) mass is 260 g/mol. The second-order valence-corrected chi connectivity index (χ2v) is 5.05. The van der Waals surface area contributed by atoms with Gasteiger partial charge in [-0.05, 0) is 54.1 Å². The molecule has 3 heteroatoms. The highest BCUT2D eigenvalue weighted by atomic mass is 32.1. The number of methoxy groups -OCH3 is 1. The van der Waals surface area contributed by atoms with Crippen molar-refractivity contribution in [1.82, 2.24) is 0 Å². The topological polar surface area (TPSA) is 26.3 Å². The first kappa shape index (κ1) is 12.8. The molecule has 2 nitrogen and oxygen atoms in total. The molecule has 1 aromatic carbocycles. The Kier molecular flexibility index (Phi) is 3.82. The van der Waals surface area contributed by atoms with Crippen molar-refractivity contribution < 1.29 is 9.53 Å². The Bertz CT molecular complexity index is 570. The van der Waals surface area contributed by atoms with Crippen LogP contribution in [0.3, 0.4) is 0 Å². The molecule has 0 atom stereocenters. The van der Waals surface area contributed by atoms with E-state index in [1.54, 1.807) is 7.11 Å². The van der Waals surface area contributed by atoms with Crippen LogP contribution in [-0.4, -0.2) is 12.9 Å². The van der Waals surface area contributed by atoms with Crippen LogP contribution in [0.2, 0.25) is 0 Å². The average Bonchev–Trinajstić information content (AvgIpc) is 2.86. The maximum absolute atomic E-state index is 12.5. The highest BCUT2D eigenvalue weighted by Gasteiger charge is 2.16. The number of ether oxygens (including phenoxy) is 1. The molecule has 2 rings (SSSR count). The minimum Gasteiger partial charge on any atom is -0.497 e. The number of carbonyl (C=O) groups is 1. The summed E-state index contributed by atoms with van der Waals surface area (Å²) in [6, 6.07) is 7.60. The van der Waals surface area contributed by atoms with Gasteiger partial charge in [-0.25, -0.2) is 0 Å². The van der Waals surface area contributed by atoms with Gasteiger partial charge in [0.05, 0.1) is 12.0 Å². The molecule has 0 aliphatic rings. The molecule has 94 valence electrons. The van der Waals surface area contributed by atoms with Crippen molar-refractivity contribution in [3.05, 3.63) is 51.2 Å². The van der Waals surface area contributed by atoms with Gasteiger partial charge in [0.25, 0.3) is 0 Å². The van der Waals surface area contributed by atoms with E-state index in [1.807, 2.05) is 36.6 Å². The molecule has 0 saturated heterocycles. The minimum absolute atomic E-state index is 0.113. The molecule has 0 amide bonds. The van der Waals surface area contributed by atoms with Crippen molar-refractivity contribution >= 4 is 17.1 Å². The van der Waals surface area contributed by atoms with Crippen LogP contribution in [0.5, 0.6) is 5.75 Å². The lowest BCUT2D eigenvalue weighted by Crippen LogP contribution is -2.04. The molecule has 1 heterocycles. The van der Waals surface area contributed by atoms with Gasteiger partial charge in [-0.3, -0.25) is 4.79 Å². The van der Waals surface area contributed by atoms with Crippen LogP contribution in [0.25, 0.3) is 0 Å². The molecule has 0 bridgehead atoms. The van der Waals surface area contributed by atoms with Crippen molar-refractivity contribution in [2.75, 3.05) is 7.11 Å². The Labute approximate surface area is 111 Å². The van der Waals surface area contributed by atoms with Gasteiger partial charge >= 0.3 is 0 Å². The Hall–Kier alpha value is -1.61. The summed E-state index contributed by atoms with van der Waals surface area (Å²) in [5.74, 6) is 0.896. The van der Waals surface area contributed by atoms with E-state index in [-0.39, 0.29) is 5.78 Å². The molecule has 0 fully saturated rings. The molecule has 0 unspecified atom stereocenters. The van der Waals surface area contributed by atoms with E-state index in [0.29, 0.717) is 0 Å². The third-order valence-corrected chi connectivity index (χ3v) is 3.97. The lowest BCUT2D eigenvalue weighted by molar-refractivity contribution is 0.104. The third kappa shape index (κ3) is 2.31. The molecule has 0 aliphatic heterocycles. The van der Waals surface area contributed by atoms with Crippen LogP contribution in [-0.2, 0) is 6.42 Å². The molecule has 0 aliphatic carbocycles. The fourth-order valence-corrected chi connectivity index (χ4v) is 2.90. The Morgan fingerprint density at radius 3 is 2.72 bits per heavy atom. The second-order valence-electron chi connectivity index (χ2n) is 4.14. The number of rotatable bonds is 4. The van der Waals surface area contributed by atoms with Crippen molar-refractivity contribution in [2.45, 2.75) is 20.3 Å². The predicted molar refractivity (Wildman–Crippen MR) is 74.9 cm³/mol. The standard InChI is InChI=1S/C15H16O2S/c1-4-11-7-8-18-15(11)14(16)13-6-5-12(17-3)9-10(13)2/h5-9H,4H2,1-3H3. The zero-order valence-corrected chi connectivity index (χ0v) is 11.6. The molecular formula is C15H16O2S. The smallest absolute Gasteiger partial charge is 0.203 e. The van der Waals surface area contributed by atoms with Crippen molar-refractivity contribution in [1.29, 1.82) is 0 Å². The average molecular weight is 260 g/mol. The largest absolute Gasteiger partial charge is 0.497 e. The minimum atomic E-state index is 0.113. The Balaban J connectivity index is 2.40. The van der Waals surface area contributed by atoms with Gasteiger partial charge in [-0.2, -0.15) is 0 Å². The third-order valence-electron chi connectivity index (χ3n) is 3.01. The molecule has 18 heavy (non-hydrogen) atoms. The molecule has 2 aromatic rings. The summed E-state index contributed by atoms with van der Waals surface area (Å²) in [6.45, 7) is 4.01. The quantitative estimate of drug-likeness (QED) is 0.780. The number of hydrogen-bond donors (Lipinski definition) is 0. The summed E-state index contributed by atoms with van der Waals surface area (Å²) in [6.07, 6.45) is 0.889. The SMILES string of the molecule is CCc1ccsc1C(=O)c1ccc(OC)cc1C. The maximum atomic E-state index is 12.5. The van der Waals surface area contributed by atoms with Gasteiger partial charge < -0.3 is 4.74 Å². The molecule has 0 radical (unpaired) electrons. The van der Waals surface area contributed by atoms with E-state index in [0.717, 1.165) is 33.7 Å². The number of hydrogen-bond acceptors (Lipinski definition) is 3. The van der Waals surface area contributed by atoms with Gasteiger partial charge in [-0.15, -0.1) is 11.3 Å². The van der Waals surface area contributed by atoms with E-state index in [4.69, 9.17) is 4.74 Å². The number of thiophene rings is 1. The first-order valence-electron chi connectivity index (χ1n) is 5.93. The molecule has 0 N–H and O–H groups in total. The van der Waals surface area contributed by atoms with E-state index in [2.05, 4.69) is 6.92 Å². The van der Waals surface area contributed by atoms with Crippen LogP contribution in [0.1, 0.15) is 33.3 Å². The summed E-state index contributed by atoms with van der Waals surface area (Å²) in [4.78, 5) is 13.3. The molecular weight excluding hydrogens is 244 g/mol. The molecule has 0 saturated carbocycles. The van der Waals surface area contributed by atoms with Crippen molar-refractivity contribution in [3.8, 4) is 5.75 Å². The van der Waals surface area contributed by atoms with Crippen LogP contribution in [0.15, 0.2) is 29.6 Å². The Morgan fingerprint density at radius 1 is 1.33 bits per heavy atom. The fourth-order valence-electron chi connectivity index (χ4n) is 1.95. The zero-order chi connectivity index (χ0) is 13.1. The number of aryl methyl sites for hydroxylation is 2. The zero-order valence-electron chi connectivity index (χ0n) is 10.8. The highest BCUT2D eigenvalue weighted by Crippen LogP contribution is 2.24. The maximum Gasteiger partial charge on any atom is 0.203 e. The van der Waals surface area contributed by atoms with Gasteiger partial charge in [0, 0.05) is 5.56 Å². The predicted octanol–water partition coefficient (Wildman–Crippen LogP) is 3.86. The summed E-state index contributed by atoms with van der Waals surface area (Å²) in [5, 5.41) is 1.98.